The van der Waals surface area contributed by atoms with Crippen molar-refractivity contribution in [3.8, 4) is 0 Å². The highest BCUT2D eigenvalue weighted by atomic mass is 17.2. The highest BCUT2D eigenvalue weighted by Crippen LogP contribution is 2.32. The van der Waals surface area contributed by atoms with E-state index in [-0.39, 0.29) is 49.7 Å². The number of rotatable bonds is 20. The summed E-state index contributed by atoms with van der Waals surface area (Å²) in [4.78, 5) is 72.1. The number of nitrogens with one attached hydrogen (secondary N) is 1. The van der Waals surface area contributed by atoms with Gasteiger partial charge in [-0.1, -0.05) is 31.4 Å². The molecule has 44 heavy (non-hydrogen) atoms. The maximum Gasteiger partial charge on any atom is 0.409 e. The van der Waals surface area contributed by atoms with Crippen LogP contribution in [0.2, 0.25) is 0 Å². The van der Waals surface area contributed by atoms with Crippen molar-refractivity contribution in [1.82, 2.24) is 5.32 Å². The molecule has 0 aromatic heterocycles. The van der Waals surface area contributed by atoms with Gasteiger partial charge in [0.25, 0.3) is 0 Å². The molecule has 0 spiro atoms. The Bertz CT molecular complexity index is 1010. The Morgan fingerprint density at radius 1 is 0.864 bits per heavy atom. The molecule has 1 amide bonds. The van der Waals surface area contributed by atoms with E-state index in [1.165, 1.54) is 6.08 Å². The largest absolute Gasteiger partial charge is 0.455 e. The lowest BCUT2D eigenvalue weighted by molar-refractivity contribution is -0.372. The molecule has 0 saturated heterocycles. The highest BCUT2D eigenvalue weighted by molar-refractivity contribution is 5.89. The van der Waals surface area contributed by atoms with Crippen molar-refractivity contribution in [2.75, 3.05) is 26.5 Å². The zero-order valence-corrected chi connectivity index (χ0v) is 25.7. The molecule has 13 heteroatoms. The topological polar surface area (TPSA) is 149 Å². The number of ketones is 1. The fraction of sp³-hybridized carbons (Fsp3) is 0.613. The van der Waals surface area contributed by atoms with Crippen molar-refractivity contribution < 1.29 is 53.2 Å². The molecule has 1 N–H and O–H groups in total. The highest BCUT2D eigenvalue weighted by Gasteiger charge is 2.37. The molecule has 6 unspecified atom stereocenters. The number of aliphatic imine (C=N–C) groups is 1. The molecule has 2 fully saturated rings. The van der Waals surface area contributed by atoms with Gasteiger partial charge in [0.1, 0.15) is 44.3 Å². The molecule has 0 bridgehead atoms. The zero-order chi connectivity index (χ0) is 32.3. The second-order valence-electron chi connectivity index (χ2n) is 11.0. The van der Waals surface area contributed by atoms with E-state index in [0.717, 1.165) is 18.4 Å². The van der Waals surface area contributed by atoms with Crippen LogP contribution in [-0.4, -0.2) is 75.2 Å². The summed E-state index contributed by atoms with van der Waals surface area (Å²) in [5.41, 5.74) is 1.05. The molecule has 0 aromatic carbocycles. The molecule has 0 aliphatic heterocycles. The van der Waals surface area contributed by atoms with Gasteiger partial charge in [0.15, 0.2) is 5.78 Å². The first-order valence-corrected chi connectivity index (χ1v) is 14.7. The van der Waals surface area contributed by atoms with E-state index in [2.05, 4.69) is 36.6 Å². The van der Waals surface area contributed by atoms with Crippen molar-refractivity contribution in [1.29, 1.82) is 0 Å². The lowest BCUT2D eigenvalue weighted by Gasteiger charge is -2.34. The van der Waals surface area contributed by atoms with Gasteiger partial charge in [0.2, 0.25) is 6.40 Å². The Kier molecular flexibility index (Phi) is 17.2. The van der Waals surface area contributed by atoms with Crippen LogP contribution >= 0.6 is 0 Å². The number of hydrogen-bond donors (Lipinski definition) is 1. The molecule has 13 nitrogen and oxygen atoms in total. The Hall–Kier alpha value is -3.36. The number of alkyl carbamates (subject to hydrolysis) is 1. The molecular formula is C31H46N2O11. The van der Waals surface area contributed by atoms with E-state index in [1.807, 2.05) is 6.92 Å². The summed E-state index contributed by atoms with van der Waals surface area (Å²) in [6, 6.07) is 0. The first-order valence-electron chi connectivity index (χ1n) is 14.7. The fourth-order valence-electron chi connectivity index (χ4n) is 4.70. The monoisotopic (exact) mass is 622 g/mol. The molecule has 2 saturated carbocycles. The van der Waals surface area contributed by atoms with Crippen LogP contribution in [0.25, 0.3) is 0 Å². The average molecular weight is 623 g/mol. The molecule has 0 heterocycles. The number of esters is 1. The van der Waals surface area contributed by atoms with E-state index in [9.17, 15) is 14.4 Å². The third kappa shape index (κ3) is 14.4. The molecule has 2 aliphatic carbocycles. The van der Waals surface area contributed by atoms with E-state index < -0.39 is 36.5 Å². The van der Waals surface area contributed by atoms with Gasteiger partial charge in [0.05, 0.1) is 6.61 Å². The third-order valence-corrected chi connectivity index (χ3v) is 6.94. The molecule has 2 rings (SSSR count). The smallest absolute Gasteiger partial charge is 0.409 e. The van der Waals surface area contributed by atoms with Gasteiger partial charge in [-0.3, -0.25) is 4.79 Å². The summed E-state index contributed by atoms with van der Waals surface area (Å²) < 4.78 is 11.1. The summed E-state index contributed by atoms with van der Waals surface area (Å²) in [6.07, 6.45) is 4.66. The predicted molar refractivity (Wildman–Crippen MR) is 160 cm³/mol. The van der Waals surface area contributed by atoms with Crippen LogP contribution in [0.5, 0.6) is 0 Å². The molecule has 0 aromatic rings. The maximum absolute atomic E-state index is 12.5. The lowest BCUT2D eigenvalue weighted by Crippen LogP contribution is -2.43. The van der Waals surface area contributed by atoms with Crippen molar-refractivity contribution in [2.45, 2.75) is 83.2 Å². The Morgan fingerprint density at radius 2 is 1.59 bits per heavy atom. The Morgan fingerprint density at radius 3 is 2.30 bits per heavy atom. The summed E-state index contributed by atoms with van der Waals surface area (Å²) in [5.74, 6) is -0.495. The minimum atomic E-state index is -0.751. The number of amides is 1. The van der Waals surface area contributed by atoms with Crippen LogP contribution in [-0.2, 0) is 48.4 Å². The van der Waals surface area contributed by atoms with Gasteiger partial charge < -0.3 is 19.7 Å². The van der Waals surface area contributed by atoms with Crippen molar-refractivity contribution in [2.24, 2.45) is 16.8 Å². The number of hydrogen-bond acceptors (Lipinski definition) is 12. The number of allylic oxidation sites excluding steroid dienone is 1. The summed E-state index contributed by atoms with van der Waals surface area (Å²) in [5, 5.41) is 2.50. The summed E-state index contributed by atoms with van der Waals surface area (Å²) >= 11 is 0. The molecular weight excluding hydrogens is 576 g/mol. The predicted octanol–water partition coefficient (Wildman–Crippen LogP) is 4.64. The third-order valence-electron chi connectivity index (χ3n) is 6.94. The number of ether oxygens (including phenoxy) is 2. The molecule has 0 radical (unpaired) electrons. The van der Waals surface area contributed by atoms with Crippen molar-refractivity contribution >= 4 is 24.2 Å². The molecule has 6 atom stereocenters. The lowest BCUT2D eigenvalue weighted by atomic mass is 9.82. The number of carbonyl (C=O) groups is 3. The van der Waals surface area contributed by atoms with Crippen LogP contribution in [0.15, 0.2) is 54.6 Å². The standard InChI is InChI=1S/C31H46N2O11/c1-7-13-37-38-18-24-10-11-26(41-30(35)22(5)6)28(16-24)42-31(36)33-19-32-20-40-44-29-15-23(14-25(34)8-2)9-12-27(29)43-39-17-21(3)4/h7-8,20,23-24,26-29H,1-3,5,9-19H2,4,6H3,(H,33,36)/b32-20+. The van der Waals surface area contributed by atoms with Gasteiger partial charge in [-0.15, -0.1) is 6.58 Å². The summed E-state index contributed by atoms with van der Waals surface area (Å²) in [6.45, 7) is 18.4. The van der Waals surface area contributed by atoms with Gasteiger partial charge in [-0.2, -0.15) is 4.89 Å². The van der Waals surface area contributed by atoms with E-state index in [0.29, 0.717) is 38.5 Å². The van der Waals surface area contributed by atoms with Crippen molar-refractivity contribution in [3.63, 3.8) is 0 Å². The Balaban J connectivity index is 1.84. The maximum atomic E-state index is 12.5. The van der Waals surface area contributed by atoms with Gasteiger partial charge in [0, 0.05) is 12.0 Å². The van der Waals surface area contributed by atoms with E-state index in [1.54, 1.807) is 13.0 Å². The van der Waals surface area contributed by atoms with Gasteiger partial charge >= 0.3 is 12.1 Å². The SMILES string of the molecule is C=CCOOCC1CCC(OC(=O)C(=C)C)C(OC(=O)NC/N=C/OOC2CC(CC(=O)C=C)CCC2OOCC(=C)C)C1. The minimum Gasteiger partial charge on any atom is -0.455 e. The van der Waals surface area contributed by atoms with Gasteiger partial charge in [-0.05, 0) is 70.3 Å². The normalized spacial score (nSPS) is 25.0. The first-order chi connectivity index (χ1) is 21.1. The molecule has 2 aliphatic rings. The quantitative estimate of drug-likeness (QED) is 0.0296. The van der Waals surface area contributed by atoms with Crippen LogP contribution in [0.4, 0.5) is 4.79 Å². The van der Waals surface area contributed by atoms with E-state index >= 15 is 0 Å². The minimum absolute atomic E-state index is 0.0224. The van der Waals surface area contributed by atoms with Crippen LogP contribution < -0.4 is 5.32 Å². The van der Waals surface area contributed by atoms with Crippen LogP contribution in [0.3, 0.4) is 0 Å². The first kappa shape index (κ1) is 36.8. The number of nitrogens with zero attached hydrogens (tertiary/aromatic N) is 1. The fourth-order valence-corrected chi connectivity index (χ4v) is 4.70. The second kappa shape index (κ2) is 20.6. The van der Waals surface area contributed by atoms with E-state index in [4.69, 9.17) is 38.8 Å². The zero-order valence-electron chi connectivity index (χ0n) is 25.7. The Labute approximate surface area is 259 Å². The number of carbonyl (C=O) groups excluding carboxylic acids is 3. The van der Waals surface area contributed by atoms with Crippen LogP contribution in [0.1, 0.15) is 58.8 Å². The van der Waals surface area contributed by atoms with Crippen LogP contribution in [0, 0.1) is 11.8 Å². The average Bonchev–Trinajstić information content (AvgIpc) is 2.98. The van der Waals surface area contributed by atoms with Gasteiger partial charge in [-0.25, -0.2) is 34.1 Å². The second-order valence-corrected chi connectivity index (χ2v) is 11.0. The summed E-state index contributed by atoms with van der Waals surface area (Å²) in [7, 11) is 0. The van der Waals surface area contributed by atoms with Crippen molar-refractivity contribution in [3.05, 3.63) is 49.6 Å². The molecule has 246 valence electrons.